The first-order chi connectivity index (χ1) is 13.4. The van der Waals surface area contributed by atoms with E-state index < -0.39 is 21.9 Å². The number of esters is 1. The van der Waals surface area contributed by atoms with Gasteiger partial charge in [-0.3, -0.25) is 0 Å². The van der Waals surface area contributed by atoms with Gasteiger partial charge in [0.15, 0.2) is 15.9 Å². The summed E-state index contributed by atoms with van der Waals surface area (Å²) in [4.78, 5) is 12.2. The Balaban J connectivity index is 1.88. The Morgan fingerprint density at radius 3 is 2.14 bits per heavy atom. The molecule has 0 bridgehead atoms. The molecule has 0 amide bonds. The summed E-state index contributed by atoms with van der Waals surface area (Å²) in [6.45, 7) is -0.00690. The molecule has 1 unspecified atom stereocenters. The van der Waals surface area contributed by atoms with Crippen molar-refractivity contribution in [2.45, 2.75) is 17.6 Å². The van der Waals surface area contributed by atoms with Crippen LogP contribution in [0.15, 0.2) is 83.8 Å². The second-order valence-electron chi connectivity index (χ2n) is 6.39. The molecule has 3 rings (SSSR count). The molecule has 0 aliphatic heterocycles. The van der Waals surface area contributed by atoms with Gasteiger partial charge in [-0.05, 0) is 22.8 Å². The molecule has 0 aromatic heterocycles. The maximum atomic E-state index is 12.3. The van der Waals surface area contributed by atoms with E-state index in [4.69, 9.17) is 4.74 Å². The number of hydrogen-bond acceptors (Lipinski definition) is 5. The van der Waals surface area contributed by atoms with Crippen molar-refractivity contribution < 1.29 is 23.1 Å². The fourth-order valence-electron chi connectivity index (χ4n) is 2.83. The zero-order chi connectivity index (χ0) is 20.1. The summed E-state index contributed by atoms with van der Waals surface area (Å²) < 4.78 is 29.7. The third-order valence-electron chi connectivity index (χ3n) is 4.26. The van der Waals surface area contributed by atoms with E-state index in [-0.39, 0.29) is 17.1 Å². The second-order valence-corrected chi connectivity index (χ2v) is 8.37. The topological polar surface area (TPSA) is 80.7 Å². The number of rotatable bonds is 6. The minimum atomic E-state index is -3.68. The maximum absolute atomic E-state index is 12.3. The summed E-state index contributed by atoms with van der Waals surface area (Å²) in [7, 11) is -3.68. The van der Waals surface area contributed by atoms with Gasteiger partial charge >= 0.3 is 5.97 Å². The molecule has 0 aliphatic carbocycles. The standard InChI is InChI=1S/C22H20O5S/c1-28(25,26)20-14-18(17-10-6-3-7-11-17)12-13-19(20)21(23)22(24)27-15-16-8-4-2-5-9-16/h2-14,21,23H,15H2,1H3. The highest BCUT2D eigenvalue weighted by Crippen LogP contribution is 2.29. The minimum absolute atomic E-state index is 0.000225. The molecule has 3 aromatic rings. The average Bonchev–Trinajstić information content (AvgIpc) is 2.72. The van der Waals surface area contributed by atoms with Gasteiger partial charge in [-0.25, -0.2) is 13.2 Å². The van der Waals surface area contributed by atoms with Crippen LogP contribution in [-0.2, 0) is 26.0 Å². The van der Waals surface area contributed by atoms with Gasteiger partial charge in [-0.15, -0.1) is 0 Å². The molecule has 28 heavy (non-hydrogen) atoms. The molecule has 0 saturated heterocycles. The smallest absolute Gasteiger partial charge is 0.340 e. The van der Waals surface area contributed by atoms with Crippen LogP contribution in [0.5, 0.6) is 0 Å². The molecule has 0 fully saturated rings. The van der Waals surface area contributed by atoms with Crippen molar-refractivity contribution in [2.75, 3.05) is 6.26 Å². The summed E-state index contributed by atoms with van der Waals surface area (Å²) in [6, 6.07) is 22.9. The number of hydrogen-bond donors (Lipinski definition) is 1. The van der Waals surface area contributed by atoms with Gasteiger partial charge in [-0.1, -0.05) is 72.8 Å². The van der Waals surface area contributed by atoms with E-state index in [2.05, 4.69) is 0 Å². The van der Waals surface area contributed by atoms with E-state index in [1.54, 1.807) is 18.2 Å². The van der Waals surface area contributed by atoms with Gasteiger partial charge < -0.3 is 9.84 Å². The lowest BCUT2D eigenvalue weighted by atomic mass is 10.0. The first-order valence-electron chi connectivity index (χ1n) is 8.64. The van der Waals surface area contributed by atoms with Gasteiger partial charge in [0.2, 0.25) is 0 Å². The molecule has 0 heterocycles. The zero-order valence-corrected chi connectivity index (χ0v) is 16.1. The Kier molecular flexibility index (Phi) is 5.92. The fraction of sp³-hybridized carbons (Fsp3) is 0.136. The Labute approximate surface area is 164 Å². The van der Waals surface area contributed by atoms with E-state index in [0.29, 0.717) is 5.56 Å². The van der Waals surface area contributed by atoms with Gasteiger partial charge in [0, 0.05) is 11.8 Å². The van der Waals surface area contributed by atoms with Crippen LogP contribution >= 0.6 is 0 Å². The number of sulfone groups is 1. The van der Waals surface area contributed by atoms with Crippen molar-refractivity contribution in [1.82, 2.24) is 0 Å². The molecule has 6 heteroatoms. The number of carbonyl (C=O) groups is 1. The highest BCUT2D eigenvalue weighted by molar-refractivity contribution is 7.90. The molecule has 1 atom stereocenters. The van der Waals surface area contributed by atoms with E-state index in [0.717, 1.165) is 17.4 Å². The number of carbonyl (C=O) groups excluding carboxylic acids is 1. The fourth-order valence-corrected chi connectivity index (χ4v) is 3.78. The highest BCUT2D eigenvalue weighted by Gasteiger charge is 2.26. The summed E-state index contributed by atoms with van der Waals surface area (Å²) in [5.74, 6) is -0.902. The second kappa shape index (κ2) is 8.37. The van der Waals surface area contributed by atoms with Crippen molar-refractivity contribution in [3.63, 3.8) is 0 Å². The van der Waals surface area contributed by atoms with Crippen LogP contribution in [-0.4, -0.2) is 25.7 Å². The normalized spacial score (nSPS) is 12.4. The molecule has 144 valence electrons. The number of aliphatic hydroxyl groups excluding tert-OH is 1. The minimum Gasteiger partial charge on any atom is -0.459 e. The van der Waals surface area contributed by atoms with E-state index in [1.807, 2.05) is 48.5 Å². The van der Waals surface area contributed by atoms with Gasteiger partial charge in [0.1, 0.15) is 6.61 Å². The molecule has 5 nitrogen and oxygen atoms in total. The summed E-state index contributed by atoms with van der Waals surface area (Å²) in [5, 5.41) is 10.4. The quantitative estimate of drug-likeness (QED) is 0.645. The van der Waals surface area contributed by atoms with E-state index >= 15 is 0 Å². The lowest BCUT2D eigenvalue weighted by Crippen LogP contribution is -2.18. The van der Waals surface area contributed by atoms with Crippen molar-refractivity contribution in [2.24, 2.45) is 0 Å². The van der Waals surface area contributed by atoms with Gasteiger partial charge in [0.05, 0.1) is 4.90 Å². The van der Waals surface area contributed by atoms with Gasteiger partial charge in [-0.2, -0.15) is 0 Å². The third kappa shape index (κ3) is 4.65. The van der Waals surface area contributed by atoms with Crippen molar-refractivity contribution in [1.29, 1.82) is 0 Å². The van der Waals surface area contributed by atoms with Crippen molar-refractivity contribution >= 4 is 15.8 Å². The molecule has 0 spiro atoms. The lowest BCUT2D eigenvalue weighted by Gasteiger charge is -2.15. The average molecular weight is 396 g/mol. The Hall–Kier alpha value is -2.96. The number of benzene rings is 3. The molecule has 1 N–H and O–H groups in total. The Morgan fingerprint density at radius 1 is 0.929 bits per heavy atom. The summed E-state index contributed by atoms with van der Waals surface area (Å²) in [5.41, 5.74) is 2.28. The molecular weight excluding hydrogens is 376 g/mol. The number of ether oxygens (including phenoxy) is 1. The van der Waals surface area contributed by atoms with Crippen molar-refractivity contribution in [3.05, 3.63) is 90.0 Å². The predicted molar refractivity (Wildman–Crippen MR) is 106 cm³/mol. The zero-order valence-electron chi connectivity index (χ0n) is 15.3. The highest BCUT2D eigenvalue weighted by atomic mass is 32.2. The van der Waals surface area contributed by atoms with Crippen LogP contribution in [0.4, 0.5) is 0 Å². The number of aliphatic hydroxyl groups is 1. The summed E-state index contributed by atoms with van der Waals surface area (Å²) >= 11 is 0. The molecule has 0 saturated carbocycles. The molecular formula is C22H20O5S. The SMILES string of the molecule is CS(=O)(=O)c1cc(-c2ccccc2)ccc1C(O)C(=O)OCc1ccccc1. The monoisotopic (exact) mass is 396 g/mol. The first-order valence-corrected chi connectivity index (χ1v) is 10.5. The van der Waals surface area contributed by atoms with Crippen LogP contribution in [0.2, 0.25) is 0 Å². The molecule has 3 aromatic carbocycles. The Bertz CT molecular complexity index is 1060. The lowest BCUT2D eigenvalue weighted by molar-refractivity contribution is -0.155. The third-order valence-corrected chi connectivity index (χ3v) is 5.41. The maximum Gasteiger partial charge on any atom is 0.340 e. The predicted octanol–water partition coefficient (Wildman–Crippen LogP) is 3.53. The Morgan fingerprint density at radius 2 is 1.54 bits per heavy atom. The van der Waals surface area contributed by atoms with E-state index in [1.165, 1.54) is 12.1 Å². The largest absolute Gasteiger partial charge is 0.459 e. The van der Waals surface area contributed by atoms with Crippen LogP contribution in [0, 0.1) is 0 Å². The van der Waals surface area contributed by atoms with Gasteiger partial charge in [0.25, 0.3) is 0 Å². The van der Waals surface area contributed by atoms with Crippen LogP contribution < -0.4 is 0 Å². The van der Waals surface area contributed by atoms with E-state index in [9.17, 15) is 18.3 Å². The van der Waals surface area contributed by atoms with Crippen LogP contribution in [0.25, 0.3) is 11.1 Å². The molecule has 0 aliphatic rings. The first kappa shape index (κ1) is 19.8. The van der Waals surface area contributed by atoms with Crippen LogP contribution in [0.3, 0.4) is 0 Å². The molecule has 0 radical (unpaired) electrons. The summed E-state index contributed by atoms with van der Waals surface area (Å²) in [6.07, 6.45) is -0.652. The van der Waals surface area contributed by atoms with Crippen molar-refractivity contribution in [3.8, 4) is 11.1 Å². The van der Waals surface area contributed by atoms with Crippen LogP contribution in [0.1, 0.15) is 17.2 Å².